The number of rotatable bonds is 21. The van der Waals surface area contributed by atoms with Crippen LogP contribution in [0.25, 0.3) is 5.69 Å². The molecule has 1 aliphatic heterocycles. The first-order valence-corrected chi connectivity index (χ1v) is 17.1. The van der Waals surface area contributed by atoms with Crippen molar-refractivity contribution < 1.29 is 4.79 Å². The van der Waals surface area contributed by atoms with E-state index in [4.69, 9.17) is 5.10 Å². The Morgan fingerprint density at radius 1 is 0.667 bits per heavy atom. The highest BCUT2D eigenvalue weighted by atomic mass is 32.2. The lowest BCUT2D eigenvalue weighted by Crippen LogP contribution is -2.30. The quantitative estimate of drug-likeness (QED) is 0.116. The summed E-state index contributed by atoms with van der Waals surface area (Å²) in [7, 11) is 0. The van der Waals surface area contributed by atoms with Crippen LogP contribution in [0.15, 0.2) is 70.9 Å². The van der Waals surface area contributed by atoms with Crippen molar-refractivity contribution in [3.8, 4) is 5.69 Å². The topological polar surface area (TPSA) is 76.3 Å². The number of benzene rings is 2. The van der Waals surface area contributed by atoms with E-state index in [1.54, 1.807) is 9.69 Å². The number of hydrazone groups is 1. The molecule has 1 amide bonds. The largest absolute Gasteiger partial charge is 0.271 e. The minimum atomic E-state index is -0.435. The van der Waals surface area contributed by atoms with Gasteiger partial charge in [-0.25, -0.2) is 0 Å². The van der Waals surface area contributed by atoms with Crippen LogP contribution < -0.4 is 5.01 Å². The molecule has 0 saturated carbocycles. The zero-order valence-electron chi connectivity index (χ0n) is 25.4. The summed E-state index contributed by atoms with van der Waals surface area (Å²) in [5.41, 5.74) is 2.56. The zero-order valence-corrected chi connectivity index (χ0v) is 26.2. The second kappa shape index (κ2) is 18.5. The maximum atomic E-state index is 13.6. The summed E-state index contributed by atoms with van der Waals surface area (Å²) in [6, 6.07) is 19.4. The Balaban J connectivity index is 1.19. The van der Waals surface area contributed by atoms with E-state index in [0.717, 1.165) is 36.3 Å². The molecule has 1 aliphatic rings. The van der Waals surface area contributed by atoms with E-state index < -0.39 is 5.25 Å². The fourth-order valence-electron chi connectivity index (χ4n) is 5.48. The van der Waals surface area contributed by atoms with Crippen molar-refractivity contribution >= 4 is 29.1 Å². The minimum absolute atomic E-state index is 0.0414. The highest BCUT2D eigenvalue weighted by Gasteiger charge is 2.38. The van der Waals surface area contributed by atoms with Crippen molar-refractivity contribution in [2.75, 3.05) is 5.01 Å². The molecule has 2 heterocycles. The Morgan fingerprint density at radius 3 is 1.71 bits per heavy atom. The van der Waals surface area contributed by atoms with Crippen molar-refractivity contribution in [2.24, 2.45) is 5.10 Å². The van der Waals surface area contributed by atoms with Crippen LogP contribution in [-0.2, 0) is 4.79 Å². The third kappa shape index (κ3) is 10.1. The first kappa shape index (κ1) is 31.9. The van der Waals surface area contributed by atoms with Crippen molar-refractivity contribution in [1.29, 1.82) is 0 Å². The van der Waals surface area contributed by atoms with Gasteiger partial charge in [-0.2, -0.15) is 14.8 Å². The van der Waals surface area contributed by atoms with Crippen LogP contribution in [0.4, 0.5) is 5.69 Å². The lowest BCUT2D eigenvalue weighted by Gasteiger charge is -2.14. The summed E-state index contributed by atoms with van der Waals surface area (Å²) < 4.78 is 1.69. The molecule has 0 N–H and O–H groups in total. The van der Waals surface area contributed by atoms with Crippen molar-refractivity contribution in [3.05, 3.63) is 60.7 Å². The van der Waals surface area contributed by atoms with Crippen LogP contribution >= 0.6 is 11.8 Å². The molecular formula is C34H48N6OS. The minimum Gasteiger partial charge on any atom is -0.271 e. The molecule has 1 atom stereocenters. The highest BCUT2D eigenvalue weighted by Crippen LogP contribution is 2.33. The number of anilines is 1. The Hall–Kier alpha value is -3.00. The second-order valence-corrected chi connectivity index (χ2v) is 12.4. The third-order valence-corrected chi connectivity index (χ3v) is 9.09. The fourth-order valence-corrected chi connectivity index (χ4v) is 6.52. The second-order valence-electron chi connectivity index (χ2n) is 11.3. The molecule has 4 rings (SSSR count). The molecule has 0 radical (unpaired) electrons. The van der Waals surface area contributed by atoms with Gasteiger partial charge in [0.05, 0.1) is 17.1 Å². The Labute approximate surface area is 256 Å². The average molecular weight is 589 g/mol. The monoisotopic (exact) mass is 588 g/mol. The first-order chi connectivity index (χ1) is 20.8. The van der Waals surface area contributed by atoms with Crippen LogP contribution in [-0.4, -0.2) is 37.1 Å². The summed E-state index contributed by atoms with van der Waals surface area (Å²) in [6.07, 6.45) is 22.3. The number of hydrogen-bond acceptors (Lipinski definition) is 6. The summed E-state index contributed by atoms with van der Waals surface area (Å²) in [5, 5.41) is 18.8. The van der Waals surface area contributed by atoms with Gasteiger partial charge in [0.1, 0.15) is 5.25 Å². The molecule has 0 saturated heterocycles. The van der Waals surface area contributed by atoms with Gasteiger partial charge in [0.25, 0.3) is 5.91 Å². The number of hydrogen-bond donors (Lipinski definition) is 0. The van der Waals surface area contributed by atoms with E-state index in [-0.39, 0.29) is 5.91 Å². The molecule has 3 aromatic rings. The number of nitrogens with zero attached hydrogens (tertiary/aromatic N) is 6. The predicted octanol–water partition coefficient (Wildman–Crippen LogP) is 9.18. The van der Waals surface area contributed by atoms with Crippen LogP contribution in [0, 0.1) is 0 Å². The fraction of sp³-hybridized carbons (Fsp3) is 0.559. The van der Waals surface area contributed by atoms with E-state index in [0.29, 0.717) is 5.16 Å². The summed E-state index contributed by atoms with van der Waals surface area (Å²) in [5.74, 6) is -0.0414. The normalized spacial score (nSPS) is 15.0. The smallest absolute Gasteiger partial charge is 0.266 e. The standard InChI is InChI=1S/C34H48N6OS/c1-2-3-4-5-6-7-8-9-10-11-12-13-14-15-16-23-28-31-32(33(41)39(36-31)29-24-19-17-20-25-29)42-34-35-37-38-40(34)30-26-21-18-22-27-30/h17-22,24-27,32H,2-16,23,28H2,1H3. The number of carbonyl (C=O) groups excluding carboxylic acids is 1. The van der Waals surface area contributed by atoms with E-state index in [1.165, 1.54) is 102 Å². The van der Waals surface area contributed by atoms with Gasteiger partial charge in [0, 0.05) is 0 Å². The molecule has 1 unspecified atom stereocenters. The molecule has 1 aromatic heterocycles. The lowest BCUT2D eigenvalue weighted by molar-refractivity contribution is -0.116. The van der Waals surface area contributed by atoms with E-state index in [1.807, 2.05) is 60.7 Å². The number of tetrazole rings is 1. The molecule has 0 spiro atoms. The molecule has 0 aliphatic carbocycles. The van der Waals surface area contributed by atoms with E-state index >= 15 is 0 Å². The Bertz CT molecular complexity index is 1200. The number of unbranched alkanes of at least 4 members (excludes halogenated alkanes) is 15. The van der Waals surface area contributed by atoms with Crippen molar-refractivity contribution in [1.82, 2.24) is 20.2 Å². The van der Waals surface area contributed by atoms with Crippen LogP contribution in [0.5, 0.6) is 0 Å². The zero-order chi connectivity index (χ0) is 29.2. The Morgan fingerprint density at radius 2 is 1.17 bits per heavy atom. The van der Waals surface area contributed by atoms with Gasteiger partial charge in [-0.15, -0.1) is 5.10 Å². The summed E-state index contributed by atoms with van der Waals surface area (Å²) in [4.78, 5) is 13.6. The van der Waals surface area contributed by atoms with Crippen LogP contribution in [0.1, 0.15) is 116 Å². The molecule has 0 bridgehead atoms. The van der Waals surface area contributed by atoms with Crippen molar-refractivity contribution in [2.45, 2.75) is 126 Å². The number of aromatic nitrogens is 4. The van der Waals surface area contributed by atoms with Gasteiger partial charge in [-0.05, 0) is 47.5 Å². The van der Waals surface area contributed by atoms with Gasteiger partial charge < -0.3 is 0 Å². The highest BCUT2D eigenvalue weighted by molar-refractivity contribution is 8.01. The SMILES string of the molecule is CCCCCCCCCCCCCCCCCCC1=NN(c2ccccc2)C(=O)C1Sc1nnnn1-c1ccccc1. The molecule has 7 nitrogen and oxygen atoms in total. The average Bonchev–Trinajstić information content (AvgIpc) is 3.62. The molecule has 2 aromatic carbocycles. The van der Waals surface area contributed by atoms with Gasteiger partial charge in [0.15, 0.2) is 0 Å². The summed E-state index contributed by atoms with van der Waals surface area (Å²) in [6.45, 7) is 2.28. The first-order valence-electron chi connectivity index (χ1n) is 16.2. The number of amides is 1. The Kier molecular flexibility index (Phi) is 14.1. The number of carbonyl (C=O) groups is 1. The number of para-hydroxylation sites is 2. The molecule has 42 heavy (non-hydrogen) atoms. The molecule has 8 heteroatoms. The maximum absolute atomic E-state index is 13.6. The van der Waals surface area contributed by atoms with Crippen LogP contribution in [0.2, 0.25) is 0 Å². The number of thioether (sulfide) groups is 1. The molecule has 226 valence electrons. The van der Waals surface area contributed by atoms with Crippen molar-refractivity contribution in [3.63, 3.8) is 0 Å². The predicted molar refractivity (Wildman–Crippen MR) is 174 cm³/mol. The lowest BCUT2D eigenvalue weighted by atomic mass is 10.0. The van der Waals surface area contributed by atoms with Crippen LogP contribution in [0.3, 0.4) is 0 Å². The van der Waals surface area contributed by atoms with E-state index in [2.05, 4.69) is 22.4 Å². The molecule has 0 fully saturated rings. The third-order valence-electron chi connectivity index (χ3n) is 7.92. The van der Waals surface area contributed by atoms with Gasteiger partial charge in [0.2, 0.25) is 5.16 Å². The van der Waals surface area contributed by atoms with Gasteiger partial charge in [-0.1, -0.05) is 151 Å². The van der Waals surface area contributed by atoms with E-state index in [9.17, 15) is 4.79 Å². The van der Waals surface area contributed by atoms with Gasteiger partial charge in [-0.3, -0.25) is 4.79 Å². The van der Waals surface area contributed by atoms with Gasteiger partial charge >= 0.3 is 0 Å². The maximum Gasteiger partial charge on any atom is 0.266 e. The summed E-state index contributed by atoms with van der Waals surface area (Å²) >= 11 is 1.39. The molecular weight excluding hydrogens is 540 g/mol.